The molecule has 160 valence electrons. The van der Waals surface area contributed by atoms with E-state index in [-0.39, 0.29) is 5.92 Å². The molecule has 0 amide bonds. The maximum atomic E-state index is 12.2. The van der Waals surface area contributed by atoms with Crippen LogP contribution in [0, 0.1) is 17.2 Å². The summed E-state index contributed by atoms with van der Waals surface area (Å²) >= 11 is 0. The number of unbranched alkanes of at least 4 members (excludes halogenated alkanes) is 5. The van der Waals surface area contributed by atoms with E-state index in [0.717, 1.165) is 29.9 Å². The third kappa shape index (κ3) is 7.55. The lowest BCUT2D eigenvalue weighted by atomic mass is 10.0. The van der Waals surface area contributed by atoms with E-state index >= 15 is 0 Å². The summed E-state index contributed by atoms with van der Waals surface area (Å²) in [4.78, 5) is 12.2. The van der Waals surface area contributed by atoms with E-state index in [1.807, 2.05) is 56.3 Å². The highest BCUT2D eigenvalue weighted by Gasteiger charge is 2.18. The number of rotatable bonds is 12. The highest BCUT2D eigenvalue weighted by atomic mass is 16.5. The van der Waals surface area contributed by atoms with Crippen molar-refractivity contribution in [2.75, 3.05) is 6.61 Å². The number of nitriles is 1. The van der Waals surface area contributed by atoms with E-state index in [2.05, 4.69) is 6.92 Å². The molecule has 1 atom stereocenters. The lowest BCUT2D eigenvalue weighted by Crippen LogP contribution is -2.21. The fraction of sp³-hybridized carbons (Fsp3) is 0.462. The molecule has 30 heavy (non-hydrogen) atoms. The molecule has 0 saturated carbocycles. The maximum Gasteiger partial charge on any atom is 0.339 e. The minimum absolute atomic E-state index is 0.0417. The van der Waals surface area contributed by atoms with Crippen molar-refractivity contribution in [2.24, 2.45) is 5.92 Å². The first-order valence-electron chi connectivity index (χ1n) is 11.0. The van der Waals surface area contributed by atoms with Gasteiger partial charge in [0, 0.05) is 5.92 Å². The van der Waals surface area contributed by atoms with Crippen LogP contribution in [0.3, 0.4) is 0 Å². The zero-order valence-corrected chi connectivity index (χ0v) is 18.4. The summed E-state index contributed by atoms with van der Waals surface area (Å²) in [5.74, 6) is 0.365. The molecule has 2 rings (SSSR count). The van der Waals surface area contributed by atoms with Crippen LogP contribution in [0.15, 0.2) is 48.5 Å². The second-order valence-corrected chi connectivity index (χ2v) is 7.92. The van der Waals surface area contributed by atoms with Crippen LogP contribution >= 0.6 is 0 Å². The fourth-order valence-corrected chi connectivity index (χ4v) is 3.11. The lowest BCUT2D eigenvalue weighted by Gasteiger charge is -2.14. The second-order valence-electron chi connectivity index (χ2n) is 7.92. The minimum Gasteiger partial charge on any atom is -0.494 e. The molecule has 0 heterocycles. The van der Waals surface area contributed by atoms with Gasteiger partial charge in [0.05, 0.1) is 12.2 Å². The summed E-state index contributed by atoms with van der Waals surface area (Å²) in [6.45, 7) is 6.69. The Morgan fingerprint density at radius 3 is 2.03 bits per heavy atom. The summed E-state index contributed by atoms with van der Waals surface area (Å²) in [6.07, 6.45) is 6.78. The van der Waals surface area contributed by atoms with Crippen molar-refractivity contribution in [3.8, 4) is 22.9 Å². The van der Waals surface area contributed by atoms with Crippen molar-refractivity contribution in [1.29, 1.82) is 5.26 Å². The van der Waals surface area contributed by atoms with E-state index < -0.39 is 12.1 Å². The number of esters is 1. The van der Waals surface area contributed by atoms with E-state index in [9.17, 15) is 4.79 Å². The Morgan fingerprint density at radius 1 is 0.900 bits per heavy atom. The van der Waals surface area contributed by atoms with Crippen LogP contribution in [0.5, 0.6) is 5.75 Å². The third-order valence-electron chi connectivity index (χ3n) is 5.04. The molecular formula is C26H33NO3. The first-order valence-corrected chi connectivity index (χ1v) is 11.0. The first kappa shape index (κ1) is 23.5. The number of carbonyl (C=O) groups excluding carboxylic acids is 1. The van der Waals surface area contributed by atoms with Crippen molar-refractivity contribution >= 4 is 5.97 Å². The van der Waals surface area contributed by atoms with Gasteiger partial charge in [-0.05, 0) is 41.8 Å². The Balaban J connectivity index is 1.85. The average Bonchev–Trinajstić information content (AvgIpc) is 2.77. The molecule has 0 fully saturated rings. The molecule has 0 aliphatic carbocycles. The maximum absolute atomic E-state index is 12.2. The quantitative estimate of drug-likeness (QED) is 0.287. The van der Waals surface area contributed by atoms with Gasteiger partial charge in [0.1, 0.15) is 11.8 Å². The van der Waals surface area contributed by atoms with Gasteiger partial charge in [0.15, 0.2) is 6.10 Å². The molecule has 0 spiro atoms. The Bertz CT molecular complexity index is 804. The summed E-state index contributed by atoms with van der Waals surface area (Å²) in [6, 6.07) is 17.3. The van der Waals surface area contributed by atoms with Crippen molar-refractivity contribution in [3.63, 3.8) is 0 Å². The van der Waals surface area contributed by atoms with Crippen LogP contribution in [0.4, 0.5) is 0 Å². The number of hydrogen-bond donors (Lipinski definition) is 0. The third-order valence-corrected chi connectivity index (χ3v) is 5.04. The highest BCUT2D eigenvalue weighted by Crippen LogP contribution is 2.23. The predicted octanol–water partition coefficient (Wildman–Crippen LogP) is 6.80. The minimum atomic E-state index is -0.735. The molecule has 4 nitrogen and oxygen atoms in total. The van der Waals surface area contributed by atoms with Gasteiger partial charge < -0.3 is 9.47 Å². The monoisotopic (exact) mass is 407 g/mol. The first-order chi connectivity index (χ1) is 14.5. The summed E-state index contributed by atoms with van der Waals surface area (Å²) < 4.78 is 11.1. The van der Waals surface area contributed by atoms with Gasteiger partial charge in [-0.25, -0.2) is 4.79 Å². The smallest absolute Gasteiger partial charge is 0.339 e. The fourth-order valence-electron chi connectivity index (χ4n) is 3.11. The van der Waals surface area contributed by atoms with Crippen LogP contribution in [-0.2, 0) is 4.74 Å². The molecule has 0 bridgehead atoms. The largest absolute Gasteiger partial charge is 0.494 e. The summed E-state index contributed by atoms with van der Waals surface area (Å²) in [5, 5.41) is 9.08. The van der Waals surface area contributed by atoms with Crippen LogP contribution in [0.1, 0.15) is 69.7 Å². The van der Waals surface area contributed by atoms with Gasteiger partial charge in [-0.2, -0.15) is 5.26 Å². The standard InChI is InChI=1S/C26H33NO3/c1-4-5-6-7-8-9-18-29-24-16-14-22(15-17-24)21-10-12-23(13-11-21)26(28)30-25(19-27)20(2)3/h10-17,20,25H,4-9,18H2,1-3H3/t25-/m1/s1. The molecule has 0 N–H and O–H groups in total. The van der Waals surface area contributed by atoms with Gasteiger partial charge in [-0.15, -0.1) is 0 Å². The van der Waals surface area contributed by atoms with E-state index in [1.165, 1.54) is 32.1 Å². The molecule has 4 heteroatoms. The molecule has 0 aliphatic rings. The van der Waals surface area contributed by atoms with E-state index in [1.54, 1.807) is 12.1 Å². The molecule has 0 aromatic heterocycles. The molecule has 0 radical (unpaired) electrons. The average molecular weight is 408 g/mol. The van der Waals surface area contributed by atoms with Crippen LogP contribution in [0.25, 0.3) is 11.1 Å². The highest BCUT2D eigenvalue weighted by molar-refractivity contribution is 5.90. The lowest BCUT2D eigenvalue weighted by molar-refractivity contribution is 0.0325. The topological polar surface area (TPSA) is 59.3 Å². The number of ether oxygens (including phenoxy) is 2. The Kier molecular flexibility index (Phi) is 9.94. The Morgan fingerprint density at radius 2 is 1.47 bits per heavy atom. The molecule has 0 saturated heterocycles. The van der Waals surface area contributed by atoms with Crippen molar-refractivity contribution in [2.45, 2.75) is 65.4 Å². The van der Waals surface area contributed by atoms with Gasteiger partial charge in [-0.3, -0.25) is 0 Å². The van der Waals surface area contributed by atoms with Crippen LogP contribution < -0.4 is 4.74 Å². The van der Waals surface area contributed by atoms with E-state index in [4.69, 9.17) is 14.7 Å². The number of carbonyl (C=O) groups is 1. The number of benzene rings is 2. The van der Waals surface area contributed by atoms with Gasteiger partial charge in [0.2, 0.25) is 0 Å². The predicted molar refractivity (Wildman–Crippen MR) is 120 cm³/mol. The number of nitrogens with zero attached hydrogens (tertiary/aromatic N) is 1. The Hall–Kier alpha value is -2.80. The molecule has 2 aromatic carbocycles. The van der Waals surface area contributed by atoms with Crippen LogP contribution in [0.2, 0.25) is 0 Å². The van der Waals surface area contributed by atoms with Crippen molar-refractivity contribution in [1.82, 2.24) is 0 Å². The van der Waals surface area contributed by atoms with Crippen LogP contribution in [-0.4, -0.2) is 18.7 Å². The summed E-state index contributed by atoms with van der Waals surface area (Å²) in [5.41, 5.74) is 2.51. The SMILES string of the molecule is CCCCCCCCOc1ccc(-c2ccc(C(=O)O[C@H](C#N)C(C)C)cc2)cc1. The van der Waals surface area contributed by atoms with Crippen molar-refractivity contribution < 1.29 is 14.3 Å². The van der Waals surface area contributed by atoms with Gasteiger partial charge in [0.25, 0.3) is 0 Å². The van der Waals surface area contributed by atoms with Gasteiger partial charge in [-0.1, -0.05) is 77.1 Å². The normalized spacial score (nSPS) is 11.7. The summed E-state index contributed by atoms with van der Waals surface area (Å²) in [7, 11) is 0. The van der Waals surface area contributed by atoms with E-state index in [0.29, 0.717) is 5.56 Å². The van der Waals surface area contributed by atoms with Crippen molar-refractivity contribution in [3.05, 3.63) is 54.1 Å². The molecule has 0 aliphatic heterocycles. The zero-order valence-electron chi connectivity index (χ0n) is 18.4. The molecule has 2 aromatic rings. The second kappa shape index (κ2) is 12.7. The Labute approximate surface area is 180 Å². The van der Waals surface area contributed by atoms with Gasteiger partial charge >= 0.3 is 5.97 Å². The zero-order chi connectivity index (χ0) is 21.8. The molecular weight excluding hydrogens is 374 g/mol. The number of hydrogen-bond acceptors (Lipinski definition) is 4. The molecule has 0 unspecified atom stereocenters.